The van der Waals surface area contributed by atoms with Gasteiger partial charge in [0.15, 0.2) is 0 Å². The van der Waals surface area contributed by atoms with E-state index in [-0.39, 0.29) is 12.5 Å². The number of piperidine rings is 1. The van der Waals surface area contributed by atoms with Gasteiger partial charge in [0, 0.05) is 12.5 Å². The first-order valence-electron chi connectivity index (χ1n) is 8.81. The molecule has 0 radical (unpaired) electrons. The average molecular weight is 360 g/mol. The van der Waals surface area contributed by atoms with Crippen molar-refractivity contribution in [1.29, 1.82) is 0 Å². The summed E-state index contributed by atoms with van der Waals surface area (Å²) in [5.74, 6) is 0.219. The van der Waals surface area contributed by atoms with Crippen LogP contribution >= 0.6 is 11.3 Å². The van der Waals surface area contributed by atoms with Crippen molar-refractivity contribution in [1.82, 2.24) is 20.5 Å². The molecule has 6 nitrogen and oxygen atoms in total. The van der Waals surface area contributed by atoms with Gasteiger partial charge in [0.25, 0.3) is 0 Å². The summed E-state index contributed by atoms with van der Waals surface area (Å²) in [5, 5.41) is 6.23. The lowest BCUT2D eigenvalue weighted by atomic mass is 9.97. The molecule has 25 heavy (non-hydrogen) atoms. The molecule has 1 saturated heterocycles. The van der Waals surface area contributed by atoms with E-state index in [0.29, 0.717) is 12.5 Å². The Hall–Kier alpha value is -1.99. The topological polar surface area (TPSA) is 74.3 Å². The van der Waals surface area contributed by atoms with Crippen molar-refractivity contribution in [2.45, 2.75) is 32.1 Å². The number of nitrogens with zero attached hydrogens (tertiary/aromatic N) is 2. The summed E-state index contributed by atoms with van der Waals surface area (Å²) in [4.78, 5) is 30.3. The molecule has 1 aliphatic rings. The Labute approximate surface area is 151 Å². The van der Waals surface area contributed by atoms with Crippen molar-refractivity contribution in [2.24, 2.45) is 0 Å². The van der Waals surface area contributed by atoms with Crippen molar-refractivity contribution in [3.8, 4) is 0 Å². The molecule has 3 amide bonds. The first-order valence-corrected chi connectivity index (χ1v) is 9.63. The van der Waals surface area contributed by atoms with E-state index in [1.807, 2.05) is 19.1 Å². The second-order valence-electron chi connectivity index (χ2n) is 6.37. The Morgan fingerprint density at radius 2 is 2.04 bits per heavy atom. The summed E-state index contributed by atoms with van der Waals surface area (Å²) >= 11 is 1.77. The molecule has 1 aromatic carbocycles. The third-order valence-electron chi connectivity index (χ3n) is 4.40. The van der Waals surface area contributed by atoms with Crippen LogP contribution in [0.25, 0.3) is 10.2 Å². The minimum absolute atomic E-state index is 0.243. The number of hydrogen-bond acceptors (Lipinski definition) is 5. The van der Waals surface area contributed by atoms with Crippen molar-refractivity contribution in [3.05, 3.63) is 29.3 Å². The molecule has 0 spiro atoms. The van der Waals surface area contributed by atoms with Crippen molar-refractivity contribution in [3.63, 3.8) is 0 Å². The molecule has 0 atom stereocenters. The fourth-order valence-corrected chi connectivity index (χ4v) is 4.19. The monoisotopic (exact) mass is 360 g/mol. The Bertz CT molecular complexity index is 705. The number of amides is 3. The van der Waals surface area contributed by atoms with Crippen molar-refractivity contribution >= 4 is 33.5 Å². The number of fused-ring (bicyclic) bond motifs is 1. The molecule has 134 valence electrons. The maximum atomic E-state index is 11.9. The predicted octanol–water partition coefficient (Wildman–Crippen LogP) is 2.71. The number of carbonyl (C=O) groups is 2. The number of imide groups is 1. The highest BCUT2D eigenvalue weighted by Crippen LogP contribution is 2.33. The highest BCUT2D eigenvalue weighted by Gasteiger charge is 2.24. The van der Waals surface area contributed by atoms with Crippen LogP contribution in [0.15, 0.2) is 24.3 Å². The fourth-order valence-electron chi connectivity index (χ4n) is 3.05. The third-order valence-corrected chi connectivity index (χ3v) is 5.60. The predicted molar refractivity (Wildman–Crippen MR) is 99.9 cm³/mol. The molecule has 2 N–H and O–H groups in total. The maximum absolute atomic E-state index is 11.9. The Morgan fingerprint density at radius 3 is 2.76 bits per heavy atom. The zero-order valence-corrected chi connectivity index (χ0v) is 15.3. The normalized spacial score (nSPS) is 16.0. The smallest absolute Gasteiger partial charge is 0.321 e. The zero-order chi connectivity index (χ0) is 17.6. The average Bonchev–Trinajstić information content (AvgIpc) is 3.04. The largest absolute Gasteiger partial charge is 0.338 e. The standard InChI is InChI=1S/C18H24N4O2S/c1-2-9-19-18(24)21-16(23)12-22-10-7-13(8-11-22)17-20-14-5-3-4-6-15(14)25-17/h3-6,13H,2,7-12H2,1H3,(H2,19,21,23,24). The van der Waals surface area contributed by atoms with E-state index in [2.05, 4.69) is 27.7 Å². The summed E-state index contributed by atoms with van der Waals surface area (Å²) in [6.07, 6.45) is 2.84. The quantitative estimate of drug-likeness (QED) is 0.860. The number of likely N-dealkylation sites (tertiary alicyclic amines) is 1. The van der Waals surface area contributed by atoms with Crippen molar-refractivity contribution in [2.75, 3.05) is 26.2 Å². The Morgan fingerprint density at radius 1 is 1.28 bits per heavy atom. The fraction of sp³-hybridized carbons (Fsp3) is 0.500. The van der Waals surface area contributed by atoms with Gasteiger partial charge in [0.05, 0.1) is 21.8 Å². The maximum Gasteiger partial charge on any atom is 0.321 e. The summed E-state index contributed by atoms with van der Waals surface area (Å²) in [7, 11) is 0. The van der Waals surface area contributed by atoms with E-state index in [1.54, 1.807) is 11.3 Å². The second kappa shape index (κ2) is 8.40. The first-order chi connectivity index (χ1) is 12.2. The van der Waals surface area contributed by atoms with Gasteiger partial charge in [0.2, 0.25) is 5.91 Å². The molecule has 1 aromatic heterocycles. The molecule has 0 bridgehead atoms. The van der Waals surface area contributed by atoms with Crippen LogP contribution in [-0.4, -0.2) is 48.0 Å². The van der Waals surface area contributed by atoms with Crippen LogP contribution in [0.3, 0.4) is 0 Å². The molecule has 1 aliphatic heterocycles. The molecular weight excluding hydrogens is 336 g/mol. The van der Waals surface area contributed by atoms with Gasteiger partial charge in [0.1, 0.15) is 0 Å². The van der Waals surface area contributed by atoms with E-state index in [1.165, 1.54) is 9.71 Å². The minimum atomic E-state index is -0.406. The number of rotatable bonds is 5. The molecule has 0 saturated carbocycles. The van der Waals surface area contributed by atoms with E-state index < -0.39 is 6.03 Å². The van der Waals surface area contributed by atoms with Crippen LogP contribution in [0.4, 0.5) is 4.79 Å². The van der Waals surface area contributed by atoms with Gasteiger partial charge < -0.3 is 5.32 Å². The highest BCUT2D eigenvalue weighted by molar-refractivity contribution is 7.18. The van der Waals surface area contributed by atoms with Gasteiger partial charge in [-0.3, -0.25) is 15.0 Å². The molecule has 1 fully saturated rings. The number of hydrogen-bond donors (Lipinski definition) is 2. The summed E-state index contributed by atoms with van der Waals surface area (Å²) in [6.45, 7) is 4.52. The number of aromatic nitrogens is 1. The number of carbonyl (C=O) groups excluding carboxylic acids is 2. The van der Waals surface area contributed by atoms with Crippen LogP contribution in [0.1, 0.15) is 37.1 Å². The molecule has 2 aromatic rings. The minimum Gasteiger partial charge on any atom is -0.338 e. The van der Waals surface area contributed by atoms with Crippen LogP contribution in [0, 0.1) is 0 Å². The lowest BCUT2D eigenvalue weighted by molar-refractivity contribution is -0.121. The molecular formula is C18H24N4O2S. The summed E-state index contributed by atoms with van der Waals surface area (Å²) < 4.78 is 1.23. The molecule has 3 rings (SSSR count). The number of para-hydroxylation sites is 1. The second-order valence-corrected chi connectivity index (χ2v) is 7.44. The molecule has 7 heteroatoms. The number of thiazole rings is 1. The van der Waals surface area contributed by atoms with E-state index in [4.69, 9.17) is 4.98 Å². The van der Waals surface area contributed by atoms with Gasteiger partial charge in [-0.05, 0) is 44.5 Å². The molecule has 0 aliphatic carbocycles. The van der Waals surface area contributed by atoms with Crippen LogP contribution in [0.2, 0.25) is 0 Å². The zero-order valence-electron chi connectivity index (χ0n) is 14.5. The van der Waals surface area contributed by atoms with E-state index >= 15 is 0 Å². The first kappa shape index (κ1) is 17.8. The number of benzene rings is 1. The highest BCUT2D eigenvalue weighted by atomic mass is 32.1. The number of nitrogens with one attached hydrogen (secondary N) is 2. The SMILES string of the molecule is CCCNC(=O)NC(=O)CN1CCC(c2nc3ccccc3s2)CC1. The van der Waals surface area contributed by atoms with Gasteiger partial charge in [-0.1, -0.05) is 19.1 Å². The van der Waals surface area contributed by atoms with Gasteiger partial charge in [-0.15, -0.1) is 11.3 Å². The Kier molecular flexibility index (Phi) is 5.99. The molecule has 2 heterocycles. The van der Waals surface area contributed by atoms with Crippen LogP contribution < -0.4 is 10.6 Å². The lowest BCUT2D eigenvalue weighted by Crippen LogP contribution is -2.46. The van der Waals surface area contributed by atoms with Gasteiger partial charge in [-0.25, -0.2) is 9.78 Å². The van der Waals surface area contributed by atoms with Crippen LogP contribution in [0.5, 0.6) is 0 Å². The van der Waals surface area contributed by atoms with Gasteiger partial charge in [-0.2, -0.15) is 0 Å². The van der Waals surface area contributed by atoms with Gasteiger partial charge >= 0.3 is 6.03 Å². The van der Waals surface area contributed by atoms with Crippen LogP contribution in [-0.2, 0) is 4.79 Å². The van der Waals surface area contributed by atoms with E-state index in [9.17, 15) is 9.59 Å². The third kappa shape index (κ3) is 4.76. The van der Waals surface area contributed by atoms with E-state index in [0.717, 1.165) is 37.9 Å². The summed E-state index contributed by atoms with van der Waals surface area (Å²) in [6, 6.07) is 7.82. The van der Waals surface area contributed by atoms with Crippen molar-refractivity contribution < 1.29 is 9.59 Å². The molecule has 0 unspecified atom stereocenters. The summed E-state index contributed by atoms with van der Waals surface area (Å²) in [5.41, 5.74) is 1.07. The number of urea groups is 1. The lowest BCUT2D eigenvalue weighted by Gasteiger charge is -2.30. The Balaban J connectivity index is 1.47.